The standard InChI is InChI=1S/C14H20N2O4/c1-10(2)15-6-7-20-11(8-15)9-16-12(14(18)19)4-3-5-13(16)17/h3-5,10-11H,6-9H2,1-2H3,(H,18,19). The van der Waals surface area contributed by atoms with E-state index in [1.165, 1.54) is 22.8 Å². The van der Waals surface area contributed by atoms with Crippen molar-refractivity contribution in [1.29, 1.82) is 0 Å². The van der Waals surface area contributed by atoms with Crippen LogP contribution in [0.2, 0.25) is 0 Å². The van der Waals surface area contributed by atoms with Gasteiger partial charge in [-0.05, 0) is 19.9 Å². The molecule has 1 aromatic heterocycles. The number of carboxylic acids is 1. The summed E-state index contributed by atoms with van der Waals surface area (Å²) in [5, 5.41) is 9.15. The molecule has 2 rings (SSSR count). The zero-order valence-electron chi connectivity index (χ0n) is 11.8. The van der Waals surface area contributed by atoms with Gasteiger partial charge in [0.25, 0.3) is 5.56 Å². The van der Waals surface area contributed by atoms with E-state index in [4.69, 9.17) is 9.84 Å². The minimum Gasteiger partial charge on any atom is -0.477 e. The molecule has 0 spiro atoms. The van der Waals surface area contributed by atoms with Gasteiger partial charge in [0.05, 0.1) is 19.3 Å². The zero-order valence-corrected chi connectivity index (χ0v) is 11.8. The highest BCUT2D eigenvalue weighted by Gasteiger charge is 2.24. The van der Waals surface area contributed by atoms with Gasteiger partial charge in [-0.3, -0.25) is 14.3 Å². The van der Waals surface area contributed by atoms with Gasteiger partial charge in [0, 0.05) is 25.2 Å². The Labute approximate surface area is 117 Å². The summed E-state index contributed by atoms with van der Waals surface area (Å²) < 4.78 is 6.93. The van der Waals surface area contributed by atoms with E-state index in [2.05, 4.69) is 18.7 Å². The SMILES string of the molecule is CC(C)N1CCOC(Cn2c(C(=O)O)cccc2=O)C1. The van der Waals surface area contributed by atoms with Crippen molar-refractivity contribution >= 4 is 5.97 Å². The molecule has 0 saturated carbocycles. The Morgan fingerprint density at radius 3 is 2.90 bits per heavy atom. The normalized spacial score (nSPS) is 20.2. The molecule has 0 radical (unpaired) electrons. The van der Waals surface area contributed by atoms with Gasteiger partial charge in [-0.2, -0.15) is 0 Å². The lowest BCUT2D eigenvalue weighted by atomic mass is 10.2. The van der Waals surface area contributed by atoms with E-state index in [0.717, 1.165) is 6.54 Å². The molecule has 6 heteroatoms. The Bertz CT molecular complexity index is 538. The number of carboxylic acid groups (broad SMARTS) is 1. The second-order valence-electron chi connectivity index (χ2n) is 5.25. The smallest absolute Gasteiger partial charge is 0.352 e. The molecule has 0 aliphatic carbocycles. The average Bonchev–Trinajstić information content (AvgIpc) is 2.41. The highest BCUT2D eigenvalue weighted by molar-refractivity contribution is 5.85. The van der Waals surface area contributed by atoms with E-state index < -0.39 is 5.97 Å². The highest BCUT2D eigenvalue weighted by atomic mass is 16.5. The molecule has 1 atom stereocenters. The number of carbonyl (C=O) groups is 1. The van der Waals surface area contributed by atoms with Crippen LogP contribution >= 0.6 is 0 Å². The molecular formula is C14H20N2O4. The lowest BCUT2D eigenvalue weighted by Crippen LogP contribution is -2.48. The van der Waals surface area contributed by atoms with Gasteiger partial charge < -0.3 is 9.84 Å². The molecule has 1 fully saturated rings. The first-order valence-electron chi connectivity index (χ1n) is 6.78. The van der Waals surface area contributed by atoms with Gasteiger partial charge in [-0.15, -0.1) is 0 Å². The summed E-state index contributed by atoms with van der Waals surface area (Å²) in [5.41, 5.74) is -0.307. The summed E-state index contributed by atoms with van der Waals surface area (Å²) in [6.07, 6.45) is -0.163. The van der Waals surface area contributed by atoms with Crippen molar-refractivity contribution in [3.63, 3.8) is 0 Å². The van der Waals surface area contributed by atoms with Crippen LogP contribution in [0.5, 0.6) is 0 Å². The maximum absolute atomic E-state index is 11.9. The second-order valence-corrected chi connectivity index (χ2v) is 5.25. The third-order valence-corrected chi connectivity index (χ3v) is 3.56. The van der Waals surface area contributed by atoms with Crippen LogP contribution in [0.1, 0.15) is 24.3 Å². The maximum Gasteiger partial charge on any atom is 0.352 e. The average molecular weight is 280 g/mol. The summed E-state index contributed by atoms with van der Waals surface area (Å²) in [6, 6.07) is 4.68. The summed E-state index contributed by atoms with van der Waals surface area (Å²) in [5.74, 6) is -1.10. The number of hydrogen-bond donors (Lipinski definition) is 1. The Hall–Kier alpha value is -1.66. The van der Waals surface area contributed by atoms with Crippen LogP contribution < -0.4 is 5.56 Å². The van der Waals surface area contributed by atoms with E-state index in [0.29, 0.717) is 19.2 Å². The van der Waals surface area contributed by atoms with Crippen molar-refractivity contribution in [1.82, 2.24) is 9.47 Å². The molecule has 1 unspecified atom stereocenters. The molecule has 0 bridgehead atoms. The van der Waals surface area contributed by atoms with Crippen molar-refractivity contribution < 1.29 is 14.6 Å². The predicted octanol–water partition coefficient (Wildman–Crippen LogP) is 0.656. The number of aromatic nitrogens is 1. The third-order valence-electron chi connectivity index (χ3n) is 3.56. The first kappa shape index (κ1) is 14.7. The Kier molecular flexibility index (Phi) is 4.57. The number of aromatic carboxylic acids is 1. The van der Waals surface area contributed by atoms with E-state index in [-0.39, 0.29) is 23.9 Å². The first-order chi connectivity index (χ1) is 9.49. The molecule has 1 N–H and O–H groups in total. The summed E-state index contributed by atoms with van der Waals surface area (Å²) in [4.78, 5) is 25.3. The summed E-state index contributed by atoms with van der Waals surface area (Å²) in [6.45, 7) is 6.67. The molecule has 1 saturated heterocycles. The topological polar surface area (TPSA) is 71.8 Å². The minimum atomic E-state index is -1.10. The Morgan fingerprint density at radius 1 is 1.50 bits per heavy atom. The van der Waals surface area contributed by atoms with E-state index in [1.807, 2.05) is 0 Å². The first-order valence-corrected chi connectivity index (χ1v) is 6.78. The fourth-order valence-corrected chi connectivity index (χ4v) is 2.42. The molecule has 1 aromatic rings. The van der Waals surface area contributed by atoms with Crippen LogP contribution in [0.3, 0.4) is 0 Å². The number of morpholine rings is 1. The van der Waals surface area contributed by atoms with Crippen molar-refractivity contribution in [3.8, 4) is 0 Å². The van der Waals surface area contributed by atoms with Gasteiger partial charge >= 0.3 is 5.97 Å². The van der Waals surface area contributed by atoms with Crippen LogP contribution in [-0.4, -0.2) is 52.4 Å². The van der Waals surface area contributed by atoms with Crippen LogP contribution in [-0.2, 0) is 11.3 Å². The van der Waals surface area contributed by atoms with Gasteiger partial charge in [0.15, 0.2) is 0 Å². The van der Waals surface area contributed by atoms with Crippen LogP contribution in [0.25, 0.3) is 0 Å². The number of nitrogens with zero attached hydrogens (tertiary/aromatic N) is 2. The van der Waals surface area contributed by atoms with Crippen LogP contribution in [0.4, 0.5) is 0 Å². The monoisotopic (exact) mass is 280 g/mol. The number of pyridine rings is 1. The molecule has 2 heterocycles. The molecule has 20 heavy (non-hydrogen) atoms. The van der Waals surface area contributed by atoms with E-state index in [1.54, 1.807) is 0 Å². The fraction of sp³-hybridized carbons (Fsp3) is 0.571. The van der Waals surface area contributed by atoms with Gasteiger partial charge in [0.2, 0.25) is 0 Å². The minimum absolute atomic E-state index is 0.00257. The molecular weight excluding hydrogens is 260 g/mol. The van der Waals surface area contributed by atoms with Crippen LogP contribution in [0.15, 0.2) is 23.0 Å². The molecule has 110 valence electrons. The number of hydrogen-bond acceptors (Lipinski definition) is 4. The van der Waals surface area contributed by atoms with Gasteiger partial charge in [0.1, 0.15) is 5.69 Å². The highest BCUT2D eigenvalue weighted by Crippen LogP contribution is 2.11. The van der Waals surface area contributed by atoms with Crippen molar-refractivity contribution in [2.45, 2.75) is 32.5 Å². The molecule has 6 nitrogen and oxygen atoms in total. The largest absolute Gasteiger partial charge is 0.477 e. The second kappa shape index (κ2) is 6.19. The van der Waals surface area contributed by atoms with E-state index >= 15 is 0 Å². The lowest BCUT2D eigenvalue weighted by molar-refractivity contribution is -0.0462. The molecule has 1 aliphatic heterocycles. The summed E-state index contributed by atoms with van der Waals surface area (Å²) >= 11 is 0. The molecule has 0 amide bonds. The quantitative estimate of drug-likeness (QED) is 0.877. The lowest BCUT2D eigenvalue weighted by Gasteiger charge is -2.35. The Balaban J connectivity index is 2.18. The predicted molar refractivity (Wildman–Crippen MR) is 74.1 cm³/mol. The zero-order chi connectivity index (χ0) is 14.7. The summed E-state index contributed by atoms with van der Waals surface area (Å²) in [7, 11) is 0. The van der Waals surface area contributed by atoms with Gasteiger partial charge in [-0.1, -0.05) is 6.07 Å². The Morgan fingerprint density at radius 2 is 2.25 bits per heavy atom. The molecule has 0 aromatic carbocycles. The number of ether oxygens (including phenoxy) is 1. The van der Waals surface area contributed by atoms with Crippen molar-refractivity contribution in [3.05, 3.63) is 34.2 Å². The fourth-order valence-electron chi connectivity index (χ4n) is 2.42. The van der Waals surface area contributed by atoms with Crippen molar-refractivity contribution in [2.75, 3.05) is 19.7 Å². The third kappa shape index (κ3) is 3.26. The molecule has 1 aliphatic rings. The van der Waals surface area contributed by atoms with Gasteiger partial charge in [-0.25, -0.2) is 4.79 Å². The maximum atomic E-state index is 11.9. The van der Waals surface area contributed by atoms with Crippen LogP contribution in [0, 0.1) is 0 Å². The van der Waals surface area contributed by atoms with Crippen molar-refractivity contribution in [2.24, 2.45) is 0 Å². The van der Waals surface area contributed by atoms with E-state index in [9.17, 15) is 9.59 Å². The number of rotatable bonds is 4.